The first kappa shape index (κ1) is 77.3. The Kier molecular flexibility index (Phi) is 64.8. The standard InChI is InChI=1S/C76H124O6/c1-4-7-10-13-16-19-22-24-26-28-30-32-33-34-35-36-37-38-39-40-41-42-43-45-46-48-50-52-54-57-60-63-66-69-75(78)81-72-73(71-80-74(77)68-65-62-59-56-21-18-15-12-9-6-3)82-76(79)70-67-64-61-58-55-53-51-49-47-44-31-29-27-25-23-20-17-14-11-8-5-2/h7-8,10-11,16-17,19-20,24-27,30-32,34-35,37-38,44,49,51,55,58,73H,4-6,9,12-15,18,21-23,28-29,33,36,39-43,45-48,50,52-54,56-57,59-72H2,1-3H3/b10-7-,11-8-,19-16-,20-17-,26-24-,27-25-,32-30-,35-34-,38-37-,44-31-,51-49-,58-55-. The highest BCUT2D eigenvalue weighted by atomic mass is 16.6. The van der Waals surface area contributed by atoms with Crippen LogP contribution in [-0.2, 0) is 28.6 Å². The van der Waals surface area contributed by atoms with Gasteiger partial charge in [0.05, 0.1) is 0 Å². The van der Waals surface area contributed by atoms with Gasteiger partial charge in [0.1, 0.15) is 13.2 Å². The van der Waals surface area contributed by atoms with Crippen LogP contribution in [0.5, 0.6) is 0 Å². The van der Waals surface area contributed by atoms with Gasteiger partial charge in [0.15, 0.2) is 6.10 Å². The van der Waals surface area contributed by atoms with Crippen molar-refractivity contribution >= 4 is 17.9 Å². The van der Waals surface area contributed by atoms with E-state index in [2.05, 4.69) is 167 Å². The van der Waals surface area contributed by atoms with E-state index in [1.54, 1.807) is 0 Å². The molecule has 0 fully saturated rings. The van der Waals surface area contributed by atoms with Crippen LogP contribution in [0.3, 0.4) is 0 Å². The molecule has 82 heavy (non-hydrogen) atoms. The van der Waals surface area contributed by atoms with Crippen molar-refractivity contribution in [2.45, 2.75) is 303 Å². The third-order valence-electron chi connectivity index (χ3n) is 14.1. The highest BCUT2D eigenvalue weighted by Crippen LogP contribution is 2.16. The Morgan fingerprint density at radius 1 is 0.256 bits per heavy atom. The van der Waals surface area contributed by atoms with Gasteiger partial charge in [-0.25, -0.2) is 0 Å². The third-order valence-corrected chi connectivity index (χ3v) is 14.1. The van der Waals surface area contributed by atoms with E-state index in [9.17, 15) is 14.4 Å². The average Bonchev–Trinajstić information content (AvgIpc) is 3.48. The first-order chi connectivity index (χ1) is 40.5. The zero-order valence-corrected chi connectivity index (χ0v) is 53.2. The fourth-order valence-corrected chi connectivity index (χ4v) is 9.10. The lowest BCUT2D eigenvalue weighted by atomic mass is 10.0. The van der Waals surface area contributed by atoms with Gasteiger partial charge in [0.2, 0.25) is 0 Å². The Balaban J connectivity index is 4.24. The zero-order chi connectivity index (χ0) is 59.2. The molecule has 0 N–H and O–H groups in total. The summed E-state index contributed by atoms with van der Waals surface area (Å²) in [6.45, 7) is 6.37. The Labute approximate surface area is 506 Å². The van der Waals surface area contributed by atoms with Gasteiger partial charge < -0.3 is 14.2 Å². The highest BCUT2D eigenvalue weighted by Gasteiger charge is 2.19. The van der Waals surface area contributed by atoms with Crippen LogP contribution in [0.25, 0.3) is 0 Å². The molecule has 0 saturated heterocycles. The fraction of sp³-hybridized carbons (Fsp3) is 0.645. The summed E-state index contributed by atoms with van der Waals surface area (Å²) in [5, 5.41) is 0. The van der Waals surface area contributed by atoms with Gasteiger partial charge in [-0.05, 0) is 122 Å². The van der Waals surface area contributed by atoms with E-state index in [4.69, 9.17) is 14.2 Å². The van der Waals surface area contributed by atoms with E-state index < -0.39 is 6.10 Å². The minimum absolute atomic E-state index is 0.0968. The van der Waals surface area contributed by atoms with Crippen LogP contribution in [-0.4, -0.2) is 37.2 Å². The fourth-order valence-electron chi connectivity index (χ4n) is 9.10. The Morgan fingerprint density at radius 2 is 0.476 bits per heavy atom. The predicted molar refractivity (Wildman–Crippen MR) is 357 cm³/mol. The number of rotatable bonds is 60. The summed E-state index contributed by atoms with van der Waals surface area (Å²) >= 11 is 0. The van der Waals surface area contributed by atoms with Crippen LogP contribution < -0.4 is 0 Å². The largest absolute Gasteiger partial charge is 0.462 e. The summed E-state index contributed by atoms with van der Waals surface area (Å²) in [5.74, 6) is -0.939. The minimum Gasteiger partial charge on any atom is -0.462 e. The second-order valence-electron chi connectivity index (χ2n) is 22.0. The number of hydrogen-bond donors (Lipinski definition) is 0. The molecular formula is C76H124O6. The second kappa shape index (κ2) is 68.8. The molecule has 0 aromatic heterocycles. The normalized spacial score (nSPS) is 13.1. The molecule has 0 saturated carbocycles. The average molecular weight is 1130 g/mol. The lowest BCUT2D eigenvalue weighted by Gasteiger charge is -2.18. The lowest BCUT2D eigenvalue weighted by Crippen LogP contribution is -2.30. The van der Waals surface area contributed by atoms with Gasteiger partial charge in [-0.2, -0.15) is 0 Å². The molecule has 0 amide bonds. The Hall–Kier alpha value is -4.71. The van der Waals surface area contributed by atoms with E-state index in [0.717, 1.165) is 128 Å². The number of allylic oxidation sites excluding steroid dienone is 24. The molecule has 0 spiro atoms. The summed E-state index contributed by atoms with van der Waals surface area (Å²) in [6, 6.07) is 0. The number of ether oxygens (including phenoxy) is 3. The summed E-state index contributed by atoms with van der Waals surface area (Å²) in [4.78, 5) is 38.3. The predicted octanol–water partition coefficient (Wildman–Crippen LogP) is 23.5. The molecule has 6 heteroatoms. The van der Waals surface area contributed by atoms with E-state index >= 15 is 0 Å². The van der Waals surface area contributed by atoms with Crippen LogP contribution >= 0.6 is 0 Å². The number of unbranched alkanes of at least 4 members (excludes halogenated alkanes) is 25. The smallest absolute Gasteiger partial charge is 0.306 e. The van der Waals surface area contributed by atoms with Crippen molar-refractivity contribution in [1.82, 2.24) is 0 Å². The Bertz CT molecular complexity index is 1780. The Morgan fingerprint density at radius 3 is 0.768 bits per heavy atom. The van der Waals surface area contributed by atoms with Crippen molar-refractivity contribution in [2.24, 2.45) is 0 Å². The van der Waals surface area contributed by atoms with Crippen LogP contribution in [0.2, 0.25) is 0 Å². The van der Waals surface area contributed by atoms with E-state index in [-0.39, 0.29) is 37.5 Å². The number of hydrogen-bond acceptors (Lipinski definition) is 6. The number of esters is 3. The number of carbonyl (C=O) groups is 3. The van der Waals surface area contributed by atoms with E-state index in [1.165, 1.54) is 122 Å². The van der Waals surface area contributed by atoms with Crippen molar-refractivity contribution in [3.05, 3.63) is 146 Å². The van der Waals surface area contributed by atoms with E-state index in [1.807, 2.05) is 0 Å². The summed E-state index contributed by atoms with van der Waals surface area (Å²) in [7, 11) is 0. The molecule has 0 aromatic carbocycles. The molecule has 0 heterocycles. The maximum Gasteiger partial charge on any atom is 0.306 e. The quantitative estimate of drug-likeness (QED) is 0.0261. The van der Waals surface area contributed by atoms with Crippen LogP contribution in [0.4, 0.5) is 0 Å². The molecule has 0 rings (SSSR count). The monoisotopic (exact) mass is 1130 g/mol. The summed E-state index contributed by atoms with van der Waals surface area (Å²) in [5.41, 5.74) is 0. The molecular weight excluding hydrogens is 1010 g/mol. The van der Waals surface area contributed by atoms with Crippen molar-refractivity contribution < 1.29 is 28.6 Å². The van der Waals surface area contributed by atoms with E-state index in [0.29, 0.717) is 19.3 Å². The van der Waals surface area contributed by atoms with Gasteiger partial charge >= 0.3 is 17.9 Å². The topological polar surface area (TPSA) is 78.9 Å². The molecule has 0 bridgehead atoms. The van der Waals surface area contributed by atoms with Gasteiger partial charge in [-0.15, -0.1) is 0 Å². The van der Waals surface area contributed by atoms with Crippen molar-refractivity contribution in [1.29, 1.82) is 0 Å². The summed E-state index contributed by atoms with van der Waals surface area (Å²) < 4.78 is 16.9. The molecule has 6 nitrogen and oxygen atoms in total. The first-order valence-corrected chi connectivity index (χ1v) is 33.8. The zero-order valence-electron chi connectivity index (χ0n) is 53.2. The minimum atomic E-state index is -0.805. The van der Waals surface area contributed by atoms with Crippen LogP contribution in [0.1, 0.15) is 297 Å². The SMILES string of the molecule is CC/C=C\C/C=C\C/C=C\C/C=C\C/C=C\C/C=C\CCCCCCCCCCCCCCCCC(=O)OCC(COC(=O)CCCCCCCCCCCC)OC(=O)CCCC/C=C\C/C=C\C/C=C\C/C=C\C/C=C\C/C=C\CC. The third kappa shape index (κ3) is 66.1. The van der Waals surface area contributed by atoms with Crippen molar-refractivity contribution in [2.75, 3.05) is 13.2 Å². The molecule has 1 atom stereocenters. The van der Waals surface area contributed by atoms with Gasteiger partial charge in [-0.3, -0.25) is 14.4 Å². The van der Waals surface area contributed by atoms with Gasteiger partial charge in [0.25, 0.3) is 0 Å². The molecule has 0 aliphatic heterocycles. The molecule has 0 aliphatic rings. The molecule has 0 aliphatic carbocycles. The lowest BCUT2D eigenvalue weighted by molar-refractivity contribution is -0.167. The summed E-state index contributed by atoms with van der Waals surface area (Å²) in [6.07, 6.45) is 98.8. The van der Waals surface area contributed by atoms with Gasteiger partial charge in [-0.1, -0.05) is 301 Å². The maximum atomic E-state index is 12.9. The molecule has 464 valence electrons. The molecule has 0 radical (unpaired) electrons. The maximum absolute atomic E-state index is 12.9. The molecule has 1 unspecified atom stereocenters. The van der Waals surface area contributed by atoms with Gasteiger partial charge in [0, 0.05) is 19.3 Å². The second-order valence-corrected chi connectivity index (χ2v) is 22.0. The number of carbonyl (C=O) groups excluding carboxylic acids is 3. The van der Waals surface area contributed by atoms with Crippen molar-refractivity contribution in [3.63, 3.8) is 0 Å². The highest BCUT2D eigenvalue weighted by molar-refractivity contribution is 5.71. The van der Waals surface area contributed by atoms with Crippen LogP contribution in [0.15, 0.2) is 146 Å². The first-order valence-electron chi connectivity index (χ1n) is 33.8. The molecule has 0 aromatic rings. The van der Waals surface area contributed by atoms with Crippen LogP contribution in [0, 0.1) is 0 Å². The van der Waals surface area contributed by atoms with Crippen molar-refractivity contribution in [3.8, 4) is 0 Å².